The van der Waals surface area contributed by atoms with Gasteiger partial charge in [0.05, 0.1) is 6.10 Å². The van der Waals surface area contributed by atoms with E-state index < -0.39 is 0 Å². The third kappa shape index (κ3) is 4.72. The standard InChI is InChI=1S/C13H22N4O2S/c1-2-3-4-11-16-17-13(20-11)15-12(19)14-9-5-7-10(18)8-6-9/h9-10,18H,2-8H2,1H3,(H2,14,15,17,19). The van der Waals surface area contributed by atoms with E-state index in [4.69, 9.17) is 0 Å². The zero-order valence-electron chi connectivity index (χ0n) is 11.8. The number of nitrogens with zero attached hydrogens (tertiary/aromatic N) is 2. The van der Waals surface area contributed by atoms with E-state index >= 15 is 0 Å². The highest BCUT2D eigenvalue weighted by molar-refractivity contribution is 7.15. The van der Waals surface area contributed by atoms with Crippen LogP contribution >= 0.6 is 11.3 Å². The van der Waals surface area contributed by atoms with Crippen LogP contribution in [0.3, 0.4) is 0 Å². The molecule has 0 bridgehead atoms. The van der Waals surface area contributed by atoms with Crippen LogP contribution in [0.2, 0.25) is 0 Å². The molecule has 0 saturated heterocycles. The zero-order valence-corrected chi connectivity index (χ0v) is 12.6. The second-order valence-electron chi connectivity index (χ2n) is 5.21. The molecule has 112 valence electrons. The van der Waals surface area contributed by atoms with Crippen LogP contribution < -0.4 is 10.6 Å². The first-order chi connectivity index (χ1) is 9.67. The summed E-state index contributed by atoms with van der Waals surface area (Å²) in [6.45, 7) is 2.13. The number of unbranched alkanes of at least 4 members (excludes halogenated alkanes) is 1. The van der Waals surface area contributed by atoms with Crippen molar-refractivity contribution in [2.75, 3.05) is 5.32 Å². The van der Waals surface area contributed by atoms with E-state index in [1.54, 1.807) is 0 Å². The van der Waals surface area contributed by atoms with Crippen molar-refractivity contribution in [2.45, 2.75) is 64.0 Å². The van der Waals surface area contributed by atoms with Crippen LogP contribution in [0.1, 0.15) is 50.5 Å². The summed E-state index contributed by atoms with van der Waals surface area (Å²) in [5, 5.41) is 24.6. The minimum atomic E-state index is -0.232. The summed E-state index contributed by atoms with van der Waals surface area (Å²) in [6, 6.07) is -0.0875. The Kier molecular flexibility index (Phi) is 5.72. The van der Waals surface area contributed by atoms with Crippen LogP contribution in [-0.4, -0.2) is 33.5 Å². The lowest BCUT2D eigenvalue weighted by Crippen LogP contribution is -2.40. The third-order valence-corrected chi connectivity index (χ3v) is 4.36. The quantitative estimate of drug-likeness (QED) is 0.778. The average molecular weight is 298 g/mol. The first-order valence-electron chi connectivity index (χ1n) is 7.25. The lowest BCUT2D eigenvalue weighted by Gasteiger charge is -2.25. The monoisotopic (exact) mass is 298 g/mol. The molecule has 1 saturated carbocycles. The van der Waals surface area contributed by atoms with Gasteiger partial charge in [0.25, 0.3) is 0 Å². The third-order valence-electron chi connectivity index (χ3n) is 3.46. The predicted molar refractivity (Wildman–Crippen MR) is 78.9 cm³/mol. The van der Waals surface area contributed by atoms with Gasteiger partial charge in [0.15, 0.2) is 0 Å². The lowest BCUT2D eigenvalue weighted by atomic mass is 9.93. The number of urea groups is 1. The number of aliphatic hydroxyl groups is 1. The second-order valence-corrected chi connectivity index (χ2v) is 6.27. The van der Waals surface area contributed by atoms with Crippen LogP contribution in [0.25, 0.3) is 0 Å². The molecule has 2 rings (SSSR count). The zero-order chi connectivity index (χ0) is 14.4. The summed E-state index contributed by atoms with van der Waals surface area (Å²) in [5.74, 6) is 0. The van der Waals surface area contributed by atoms with Crippen molar-refractivity contribution in [1.29, 1.82) is 0 Å². The molecule has 2 amide bonds. The second kappa shape index (κ2) is 7.54. The molecule has 0 spiro atoms. The van der Waals surface area contributed by atoms with Gasteiger partial charge >= 0.3 is 6.03 Å². The molecule has 6 nitrogen and oxygen atoms in total. The molecule has 3 N–H and O–H groups in total. The number of hydrogen-bond donors (Lipinski definition) is 3. The molecule has 0 unspecified atom stereocenters. The van der Waals surface area contributed by atoms with E-state index in [9.17, 15) is 9.90 Å². The van der Waals surface area contributed by atoms with Crippen molar-refractivity contribution < 1.29 is 9.90 Å². The molecule has 1 aliphatic rings. The Morgan fingerprint density at radius 3 is 2.80 bits per heavy atom. The Labute approximate surface area is 123 Å². The van der Waals surface area contributed by atoms with E-state index in [-0.39, 0.29) is 18.2 Å². The number of aryl methyl sites for hydroxylation is 1. The number of hydrogen-bond acceptors (Lipinski definition) is 5. The number of carbonyl (C=O) groups is 1. The molecule has 1 aliphatic carbocycles. The number of aromatic nitrogens is 2. The van der Waals surface area contributed by atoms with Gasteiger partial charge in [0.2, 0.25) is 5.13 Å². The van der Waals surface area contributed by atoms with Crippen molar-refractivity contribution in [3.8, 4) is 0 Å². The highest BCUT2D eigenvalue weighted by Crippen LogP contribution is 2.19. The van der Waals surface area contributed by atoms with Gasteiger partial charge in [-0.15, -0.1) is 10.2 Å². The highest BCUT2D eigenvalue weighted by atomic mass is 32.1. The van der Waals surface area contributed by atoms with E-state index in [2.05, 4.69) is 27.8 Å². The van der Waals surface area contributed by atoms with Crippen LogP contribution in [-0.2, 0) is 6.42 Å². The normalized spacial score (nSPS) is 22.5. The fraction of sp³-hybridized carbons (Fsp3) is 0.769. The van der Waals surface area contributed by atoms with E-state index in [0.29, 0.717) is 5.13 Å². The molecular weight excluding hydrogens is 276 g/mol. The molecule has 1 fully saturated rings. The van der Waals surface area contributed by atoms with Gasteiger partial charge in [0.1, 0.15) is 5.01 Å². The summed E-state index contributed by atoms with van der Waals surface area (Å²) in [5.41, 5.74) is 0. The SMILES string of the molecule is CCCCc1nnc(NC(=O)NC2CCC(O)CC2)s1. The number of anilines is 1. The van der Waals surface area contributed by atoms with Gasteiger partial charge in [0, 0.05) is 12.5 Å². The largest absolute Gasteiger partial charge is 0.393 e. The fourth-order valence-corrected chi connectivity index (χ4v) is 3.05. The van der Waals surface area contributed by atoms with Crippen LogP contribution in [0.15, 0.2) is 0 Å². The Bertz CT molecular complexity index is 430. The van der Waals surface area contributed by atoms with Gasteiger partial charge in [-0.2, -0.15) is 0 Å². The summed E-state index contributed by atoms with van der Waals surface area (Å²) < 4.78 is 0. The first kappa shape index (κ1) is 15.2. The number of rotatable bonds is 5. The highest BCUT2D eigenvalue weighted by Gasteiger charge is 2.21. The smallest absolute Gasteiger partial charge is 0.321 e. The van der Waals surface area contributed by atoms with E-state index in [0.717, 1.165) is 50.0 Å². The van der Waals surface area contributed by atoms with Crippen LogP contribution in [0.4, 0.5) is 9.93 Å². The molecule has 0 aromatic carbocycles. The molecule has 0 atom stereocenters. The molecule has 0 radical (unpaired) electrons. The topological polar surface area (TPSA) is 87.1 Å². The number of carbonyl (C=O) groups excluding carboxylic acids is 1. The molecule has 1 aromatic rings. The number of amides is 2. The Morgan fingerprint density at radius 2 is 2.10 bits per heavy atom. The van der Waals surface area contributed by atoms with Crippen LogP contribution in [0.5, 0.6) is 0 Å². The van der Waals surface area contributed by atoms with Crippen molar-refractivity contribution in [3.63, 3.8) is 0 Å². The summed E-state index contributed by atoms with van der Waals surface area (Å²) >= 11 is 1.43. The predicted octanol–water partition coefficient (Wildman–Crippen LogP) is 2.31. The van der Waals surface area contributed by atoms with Crippen molar-refractivity contribution in [1.82, 2.24) is 15.5 Å². The minimum absolute atomic E-state index is 0.144. The minimum Gasteiger partial charge on any atom is -0.393 e. The summed E-state index contributed by atoms with van der Waals surface area (Å²) in [7, 11) is 0. The molecular formula is C13H22N4O2S. The number of aliphatic hydroxyl groups excluding tert-OH is 1. The van der Waals surface area contributed by atoms with Gasteiger partial charge in [-0.05, 0) is 32.1 Å². The van der Waals surface area contributed by atoms with Gasteiger partial charge < -0.3 is 10.4 Å². The molecule has 1 aromatic heterocycles. The van der Waals surface area contributed by atoms with E-state index in [1.807, 2.05) is 0 Å². The Hall–Kier alpha value is -1.21. The lowest BCUT2D eigenvalue weighted by molar-refractivity contribution is 0.118. The van der Waals surface area contributed by atoms with Gasteiger partial charge in [-0.3, -0.25) is 5.32 Å². The van der Waals surface area contributed by atoms with E-state index in [1.165, 1.54) is 11.3 Å². The van der Waals surface area contributed by atoms with Crippen molar-refractivity contribution >= 4 is 22.5 Å². The maximum atomic E-state index is 11.8. The van der Waals surface area contributed by atoms with Crippen molar-refractivity contribution in [2.24, 2.45) is 0 Å². The maximum Gasteiger partial charge on any atom is 0.321 e. The van der Waals surface area contributed by atoms with Gasteiger partial charge in [-0.1, -0.05) is 24.7 Å². The maximum absolute atomic E-state index is 11.8. The Balaban J connectivity index is 1.75. The summed E-state index contributed by atoms with van der Waals surface area (Å²) in [4.78, 5) is 11.8. The molecule has 20 heavy (non-hydrogen) atoms. The fourth-order valence-electron chi connectivity index (χ4n) is 2.27. The van der Waals surface area contributed by atoms with Gasteiger partial charge in [-0.25, -0.2) is 4.79 Å². The molecule has 0 aliphatic heterocycles. The Morgan fingerprint density at radius 1 is 1.35 bits per heavy atom. The van der Waals surface area contributed by atoms with Crippen molar-refractivity contribution in [3.05, 3.63) is 5.01 Å². The van der Waals surface area contributed by atoms with Crippen LogP contribution in [0, 0.1) is 0 Å². The number of nitrogens with one attached hydrogen (secondary N) is 2. The average Bonchev–Trinajstić information content (AvgIpc) is 2.86. The molecule has 1 heterocycles. The molecule has 7 heteroatoms. The summed E-state index contributed by atoms with van der Waals surface area (Å²) in [6.07, 6.45) is 6.08. The first-order valence-corrected chi connectivity index (χ1v) is 8.07.